The molecule has 0 unspecified atom stereocenters. The van der Waals surface area contributed by atoms with E-state index in [4.69, 9.17) is 0 Å². The first-order valence-electron chi connectivity index (χ1n) is 6.73. The number of aliphatic hydroxyl groups is 1. The van der Waals surface area contributed by atoms with Crippen LogP contribution in [0.1, 0.15) is 28.9 Å². The number of amides is 1. The molecule has 2 N–H and O–H groups in total. The van der Waals surface area contributed by atoms with Gasteiger partial charge in [0.1, 0.15) is 0 Å². The Morgan fingerprint density at radius 2 is 2.30 bits per heavy atom. The summed E-state index contributed by atoms with van der Waals surface area (Å²) in [6, 6.07) is 1.78. The molecule has 0 bridgehead atoms. The highest BCUT2D eigenvalue weighted by Crippen LogP contribution is 2.44. The van der Waals surface area contributed by atoms with Crippen molar-refractivity contribution in [2.75, 3.05) is 13.2 Å². The summed E-state index contributed by atoms with van der Waals surface area (Å²) in [5.74, 6) is -0.131. The summed E-state index contributed by atoms with van der Waals surface area (Å²) in [6.45, 7) is 2.51. The Labute approximate surface area is 116 Å². The molecule has 1 fully saturated rings. The highest BCUT2D eigenvalue weighted by Gasteiger charge is 2.42. The molecule has 106 valence electrons. The van der Waals surface area contributed by atoms with Gasteiger partial charge in [-0.15, -0.1) is 0 Å². The van der Waals surface area contributed by atoms with Gasteiger partial charge in [0.15, 0.2) is 5.65 Å². The van der Waals surface area contributed by atoms with E-state index in [0.29, 0.717) is 17.8 Å². The zero-order valence-electron chi connectivity index (χ0n) is 11.7. The standard InChI is InChI=1S/C14H18N4O2/c1-9-5-10(11-6-16-18(2)12(11)17-9)13(20)15-7-14(8-19)3-4-14/h5-6,19H,3-4,7-8H2,1-2H3,(H,15,20). The molecule has 2 aromatic heterocycles. The summed E-state index contributed by atoms with van der Waals surface area (Å²) in [7, 11) is 1.81. The summed E-state index contributed by atoms with van der Waals surface area (Å²) in [5.41, 5.74) is 1.99. The van der Waals surface area contributed by atoms with Gasteiger partial charge in [-0.05, 0) is 25.8 Å². The number of nitrogens with one attached hydrogen (secondary N) is 1. The number of hydrogen-bond donors (Lipinski definition) is 2. The van der Waals surface area contributed by atoms with Crippen LogP contribution in [0.15, 0.2) is 12.3 Å². The summed E-state index contributed by atoms with van der Waals surface area (Å²) >= 11 is 0. The number of rotatable bonds is 4. The molecule has 2 heterocycles. The Hall–Kier alpha value is -1.95. The van der Waals surface area contributed by atoms with Crippen LogP contribution in [0.5, 0.6) is 0 Å². The lowest BCUT2D eigenvalue weighted by Gasteiger charge is -2.13. The topological polar surface area (TPSA) is 80.0 Å². The molecule has 1 saturated carbocycles. The molecule has 6 nitrogen and oxygen atoms in total. The van der Waals surface area contributed by atoms with E-state index in [1.165, 1.54) is 0 Å². The van der Waals surface area contributed by atoms with Gasteiger partial charge in [0.05, 0.1) is 23.8 Å². The maximum atomic E-state index is 12.4. The molecule has 0 aliphatic heterocycles. The van der Waals surface area contributed by atoms with Gasteiger partial charge in [-0.3, -0.25) is 9.48 Å². The monoisotopic (exact) mass is 274 g/mol. The van der Waals surface area contributed by atoms with Gasteiger partial charge in [-0.1, -0.05) is 0 Å². The smallest absolute Gasteiger partial charge is 0.252 e. The second-order valence-corrected chi connectivity index (χ2v) is 5.66. The lowest BCUT2D eigenvalue weighted by atomic mass is 10.1. The van der Waals surface area contributed by atoms with Crippen LogP contribution in [0, 0.1) is 12.3 Å². The molecule has 0 radical (unpaired) electrons. The van der Waals surface area contributed by atoms with Crippen LogP contribution in [0.2, 0.25) is 0 Å². The molecule has 20 heavy (non-hydrogen) atoms. The number of carbonyl (C=O) groups is 1. The van der Waals surface area contributed by atoms with Crippen molar-refractivity contribution in [1.82, 2.24) is 20.1 Å². The highest BCUT2D eigenvalue weighted by atomic mass is 16.3. The van der Waals surface area contributed by atoms with Crippen LogP contribution in [0.3, 0.4) is 0 Å². The fourth-order valence-electron chi connectivity index (χ4n) is 2.36. The molecule has 1 amide bonds. The van der Waals surface area contributed by atoms with E-state index in [2.05, 4.69) is 15.4 Å². The Kier molecular flexibility index (Phi) is 2.97. The number of aromatic nitrogens is 3. The Bertz CT molecular complexity index is 673. The highest BCUT2D eigenvalue weighted by molar-refractivity contribution is 6.05. The van der Waals surface area contributed by atoms with E-state index < -0.39 is 0 Å². The SMILES string of the molecule is Cc1cc(C(=O)NCC2(CO)CC2)c2cnn(C)c2n1. The molecule has 1 aliphatic carbocycles. The zero-order valence-corrected chi connectivity index (χ0v) is 11.7. The van der Waals surface area contributed by atoms with E-state index in [1.54, 1.807) is 24.0 Å². The molecule has 1 aliphatic rings. The summed E-state index contributed by atoms with van der Waals surface area (Å²) < 4.78 is 1.66. The summed E-state index contributed by atoms with van der Waals surface area (Å²) in [5, 5.41) is 17.1. The van der Waals surface area contributed by atoms with Gasteiger partial charge in [0.25, 0.3) is 5.91 Å². The van der Waals surface area contributed by atoms with Gasteiger partial charge in [-0.2, -0.15) is 5.10 Å². The van der Waals surface area contributed by atoms with Crippen molar-refractivity contribution in [3.05, 3.63) is 23.5 Å². The number of nitrogens with zero attached hydrogens (tertiary/aromatic N) is 3. The van der Waals surface area contributed by atoms with E-state index in [9.17, 15) is 9.90 Å². The van der Waals surface area contributed by atoms with Crippen molar-refractivity contribution >= 4 is 16.9 Å². The predicted octanol–water partition coefficient (Wildman–Crippen LogP) is 0.779. The second-order valence-electron chi connectivity index (χ2n) is 5.66. The van der Waals surface area contributed by atoms with Crippen molar-refractivity contribution in [1.29, 1.82) is 0 Å². The minimum absolute atomic E-state index is 0.0915. The summed E-state index contributed by atoms with van der Waals surface area (Å²) in [6.07, 6.45) is 3.61. The third-order valence-corrected chi connectivity index (χ3v) is 3.99. The Balaban J connectivity index is 1.87. The first kappa shape index (κ1) is 13.1. The number of pyridine rings is 1. The van der Waals surface area contributed by atoms with Crippen LogP contribution in [0.25, 0.3) is 11.0 Å². The Morgan fingerprint density at radius 3 is 2.95 bits per heavy atom. The molecule has 0 atom stereocenters. The van der Waals surface area contributed by atoms with Crippen LogP contribution in [-0.2, 0) is 7.05 Å². The quantitative estimate of drug-likeness (QED) is 0.863. The van der Waals surface area contributed by atoms with Gasteiger partial charge in [0, 0.05) is 24.7 Å². The average Bonchev–Trinajstić information content (AvgIpc) is 3.14. The van der Waals surface area contributed by atoms with Crippen molar-refractivity contribution in [3.63, 3.8) is 0 Å². The molecule has 2 aromatic rings. The molecule has 3 rings (SSSR count). The average molecular weight is 274 g/mol. The van der Waals surface area contributed by atoms with E-state index in [0.717, 1.165) is 23.9 Å². The molecular weight excluding hydrogens is 256 g/mol. The molecule has 6 heteroatoms. The van der Waals surface area contributed by atoms with Crippen LogP contribution < -0.4 is 5.32 Å². The minimum Gasteiger partial charge on any atom is -0.396 e. The van der Waals surface area contributed by atoms with Gasteiger partial charge in [0.2, 0.25) is 0 Å². The van der Waals surface area contributed by atoms with Gasteiger partial charge >= 0.3 is 0 Å². The van der Waals surface area contributed by atoms with E-state index in [1.807, 2.05) is 6.92 Å². The molecule has 0 saturated heterocycles. The fraction of sp³-hybridized carbons (Fsp3) is 0.500. The third kappa shape index (κ3) is 2.16. The van der Waals surface area contributed by atoms with Crippen molar-refractivity contribution in [2.45, 2.75) is 19.8 Å². The number of carbonyl (C=O) groups excluding carboxylic acids is 1. The molecular formula is C14H18N4O2. The van der Waals surface area contributed by atoms with Crippen LogP contribution >= 0.6 is 0 Å². The lowest BCUT2D eigenvalue weighted by Crippen LogP contribution is -2.32. The third-order valence-electron chi connectivity index (χ3n) is 3.99. The van der Waals surface area contributed by atoms with Crippen molar-refractivity contribution < 1.29 is 9.90 Å². The van der Waals surface area contributed by atoms with Crippen LogP contribution in [0.4, 0.5) is 0 Å². The normalized spacial score (nSPS) is 16.4. The molecule has 0 spiro atoms. The molecule has 0 aromatic carbocycles. The lowest BCUT2D eigenvalue weighted by molar-refractivity contribution is 0.0936. The second kappa shape index (κ2) is 4.56. The minimum atomic E-state index is -0.131. The predicted molar refractivity (Wildman–Crippen MR) is 74.3 cm³/mol. The maximum Gasteiger partial charge on any atom is 0.252 e. The van der Waals surface area contributed by atoms with Gasteiger partial charge < -0.3 is 10.4 Å². The number of aryl methyl sites for hydroxylation is 2. The largest absolute Gasteiger partial charge is 0.396 e. The first-order chi connectivity index (χ1) is 9.54. The Morgan fingerprint density at radius 1 is 1.55 bits per heavy atom. The number of fused-ring (bicyclic) bond motifs is 1. The fourth-order valence-corrected chi connectivity index (χ4v) is 2.36. The van der Waals surface area contributed by atoms with Crippen molar-refractivity contribution in [2.24, 2.45) is 12.5 Å². The van der Waals surface area contributed by atoms with Crippen molar-refractivity contribution in [3.8, 4) is 0 Å². The number of hydrogen-bond acceptors (Lipinski definition) is 4. The maximum absolute atomic E-state index is 12.4. The van der Waals surface area contributed by atoms with E-state index in [-0.39, 0.29) is 17.9 Å². The van der Waals surface area contributed by atoms with E-state index >= 15 is 0 Å². The summed E-state index contributed by atoms with van der Waals surface area (Å²) in [4.78, 5) is 16.7. The van der Waals surface area contributed by atoms with Crippen LogP contribution in [-0.4, -0.2) is 38.9 Å². The zero-order chi connectivity index (χ0) is 14.3. The number of aliphatic hydroxyl groups excluding tert-OH is 1. The van der Waals surface area contributed by atoms with Gasteiger partial charge in [-0.25, -0.2) is 4.98 Å². The first-order valence-corrected chi connectivity index (χ1v) is 6.73.